The molecule has 1 aromatic rings. The van der Waals surface area contributed by atoms with Crippen molar-refractivity contribution in [3.8, 4) is 0 Å². The summed E-state index contributed by atoms with van der Waals surface area (Å²) in [6.07, 6.45) is 0.868. The van der Waals surface area contributed by atoms with Crippen LogP contribution in [-0.4, -0.2) is 25.0 Å². The van der Waals surface area contributed by atoms with Gasteiger partial charge < -0.3 is 11.1 Å². The van der Waals surface area contributed by atoms with Gasteiger partial charge in [-0.15, -0.1) is 0 Å². The van der Waals surface area contributed by atoms with Crippen LogP contribution in [0.1, 0.15) is 5.56 Å². The molecule has 0 saturated carbocycles. The van der Waals surface area contributed by atoms with E-state index >= 15 is 0 Å². The second-order valence-electron chi connectivity index (χ2n) is 2.97. The highest BCUT2D eigenvalue weighted by Crippen LogP contribution is 2.05. The lowest BCUT2D eigenvalue weighted by molar-refractivity contribution is -0.119. The molecule has 6 heteroatoms. The van der Waals surface area contributed by atoms with E-state index in [0.717, 1.165) is 6.42 Å². The third kappa shape index (κ3) is 5.14. The second-order valence-corrected chi connectivity index (χ2v) is 3.75. The van der Waals surface area contributed by atoms with Gasteiger partial charge in [-0.2, -0.15) is 11.3 Å². The molecule has 0 radical (unpaired) electrons. The molecule has 0 fully saturated rings. The highest BCUT2D eigenvalue weighted by atomic mass is 32.1. The third-order valence-electron chi connectivity index (χ3n) is 1.72. The average Bonchev–Trinajstić information content (AvgIpc) is 2.63. The Labute approximate surface area is 91.7 Å². The number of carbonyl (C=O) groups is 2. The first-order valence-corrected chi connectivity index (χ1v) is 5.44. The third-order valence-corrected chi connectivity index (χ3v) is 2.45. The fourth-order valence-electron chi connectivity index (χ4n) is 1.05. The van der Waals surface area contributed by atoms with Gasteiger partial charge in [0.15, 0.2) is 0 Å². The van der Waals surface area contributed by atoms with Crippen LogP contribution in [0, 0.1) is 0 Å². The summed E-state index contributed by atoms with van der Waals surface area (Å²) in [6, 6.07) is 1.22. The van der Waals surface area contributed by atoms with Crippen molar-refractivity contribution in [3.05, 3.63) is 22.4 Å². The number of rotatable bonds is 5. The van der Waals surface area contributed by atoms with Crippen LogP contribution in [0.15, 0.2) is 16.8 Å². The van der Waals surface area contributed by atoms with Crippen LogP contribution in [0.25, 0.3) is 0 Å². The molecule has 0 aliphatic carbocycles. The Kier molecular flexibility index (Phi) is 4.79. The Morgan fingerprint density at radius 2 is 2.27 bits per heavy atom. The first kappa shape index (κ1) is 11.7. The lowest BCUT2D eigenvalue weighted by Crippen LogP contribution is -2.40. The minimum atomic E-state index is -0.820. The van der Waals surface area contributed by atoms with Crippen LogP contribution in [0.3, 0.4) is 0 Å². The summed E-state index contributed by atoms with van der Waals surface area (Å²) in [6.45, 7) is 0.802. The molecular weight excluding hydrogens is 214 g/mol. The van der Waals surface area contributed by atoms with Crippen molar-refractivity contribution in [2.24, 2.45) is 5.73 Å². The summed E-state index contributed by atoms with van der Waals surface area (Å²) in [4.78, 5) is 21.2. The number of imide groups is 1. The van der Waals surface area contributed by atoms with E-state index < -0.39 is 11.9 Å². The summed E-state index contributed by atoms with van der Waals surface area (Å²) >= 11 is 1.64. The summed E-state index contributed by atoms with van der Waals surface area (Å²) < 4.78 is 0. The number of amides is 3. The first-order valence-electron chi connectivity index (χ1n) is 4.49. The molecule has 0 aliphatic rings. The van der Waals surface area contributed by atoms with Crippen LogP contribution >= 0.6 is 11.3 Å². The Balaban J connectivity index is 2.06. The maximum Gasteiger partial charge on any atom is 0.318 e. The van der Waals surface area contributed by atoms with Crippen molar-refractivity contribution in [2.75, 3.05) is 13.1 Å². The summed E-state index contributed by atoms with van der Waals surface area (Å²) in [5, 5.41) is 8.96. The van der Waals surface area contributed by atoms with Crippen molar-refractivity contribution in [1.82, 2.24) is 10.6 Å². The van der Waals surface area contributed by atoms with E-state index in [4.69, 9.17) is 5.73 Å². The van der Waals surface area contributed by atoms with Crippen molar-refractivity contribution in [3.63, 3.8) is 0 Å². The Hall–Kier alpha value is -1.40. The molecule has 1 heterocycles. The zero-order valence-electron chi connectivity index (χ0n) is 8.16. The minimum absolute atomic E-state index is 0.104. The Morgan fingerprint density at radius 3 is 2.87 bits per heavy atom. The van der Waals surface area contributed by atoms with Crippen LogP contribution in [0.2, 0.25) is 0 Å². The summed E-state index contributed by atoms with van der Waals surface area (Å²) in [5.41, 5.74) is 6.02. The SMILES string of the molecule is NC(=O)NC(=O)CNCCc1ccsc1. The number of urea groups is 1. The van der Waals surface area contributed by atoms with Crippen molar-refractivity contribution in [2.45, 2.75) is 6.42 Å². The van der Waals surface area contributed by atoms with E-state index in [9.17, 15) is 9.59 Å². The molecule has 3 amide bonds. The predicted octanol–water partition coefficient (Wildman–Crippen LogP) is 0.0751. The van der Waals surface area contributed by atoms with Gasteiger partial charge in [0.25, 0.3) is 0 Å². The number of hydrogen-bond donors (Lipinski definition) is 3. The zero-order valence-corrected chi connectivity index (χ0v) is 8.97. The van der Waals surface area contributed by atoms with E-state index in [-0.39, 0.29) is 6.54 Å². The van der Waals surface area contributed by atoms with Gasteiger partial charge in [-0.1, -0.05) is 0 Å². The number of nitrogens with one attached hydrogen (secondary N) is 2. The van der Waals surface area contributed by atoms with Crippen LogP contribution in [0.4, 0.5) is 4.79 Å². The van der Waals surface area contributed by atoms with E-state index in [1.54, 1.807) is 11.3 Å². The van der Waals surface area contributed by atoms with Gasteiger partial charge >= 0.3 is 6.03 Å². The Bertz CT molecular complexity index is 324. The van der Waals surface area contributed by atoms with Crippen molar-refractivity contribution in [1.29, 1.82) is 0 Å². The maximum absolute atomic E-state index is 10.9. The van der Waals surface area contributed by atoms with Gasteiger partial charge in [0.05, 0.1) is 6.54 Å². The highest BCUT2D eigenvalue weighted by Gasteiger charge is 2.02. The largest absolute Gasteiger partial charge is 0.351 e. The maximum atomic E-state index is 10.9. The molecule has 4 N–H and O–H groups in total. The molecule has 15 heavy (non-hydrogen) atoms. The number of hydrogen-bond acceptors (Lipinski definition) is 4. The lowest BCUT2D eigenvalue weighted by Gasteiger charge is -2.02. The zero-order chi connectivity index (χ0) is 11.1. The van der Waals surface area contributed by atoms with Gasteiger partial charge in [0.1, 0.15) is 0 Å². The second kappa shape index (κ2) is 6.15. The van der Waals surface area contributed by atoms with Crippen molar-refractivity contribution >= 4 is 23.3 Å². The molecule has 0 aromatic carbocycles. The summed E-state index contributed by atoms with van der Waals surface area (Å²) in [5.74, 6) is -0.409. The molecule has 0 saturated heterocycles. The van der Waals surface area contributed by atoms with E-state index in [1.165, 1.54) is 5.56 Å². The quantitative estimate of drug-likeness (QED) is 0.623. The van der Waals surface area contributed by atoms with Crippen LogP contribution < -0.4 is 16.4 Å². The molecular formula is C9H13N3O2S. The monoisotopic (exact) mass is 227 g/mol. The fraction of sp³-hybridized carbons (Fsp3) is 0.333. The smallest absolute Gasteiger partial charge is 0.318 e. The van der Waals surface area contributed by atoms with E-state index in [1.807, 2.05) is 16.8 Å². The van der Waals surface area contributed by atoms with Crippen LogP contribution in [-0.2, 0) is 11.2 Å². The molecule has 1 rings (SSSR count). The predicted molar refractivity (Wildman–Crippen MR) is 58.6 cm³/mol. The van der Waals surface area contributed by atoms with Crippen molar-refractivity contribution < 1.29 is 9.59 Å². The molecule has 0 aliphatic heterocycles. The lowest BCUT2D eigenvalue weighted by atomic mass is 10.2. The van der Waals surface area contributed by atoms with Gasteiger partial charge in [-0.3, -0.25) is 10.1 Å². The van der Waals surface area contributed by atoms with E-state index in [0.29, 0.717) is 6.54 Å². The minimum Gasteiger partial charge on any atom is -0.351 e. The van der Waals surface area contributed by atoms with E-state index in [2.05, 4.69) is 10.7 Å². The molecule has 0 bridgehead atoms. The highest BCUT2D eigenvalue weighted by molar-refractivity contribution is 7.07. The van der Waals surface area contributed by atoms with Gasteiger partial charge in [-0.05, 0) is 35.4 Å². The molecule has 0 atom stereocenters. The summed E-state index contributed by atoms with van der Waals surface area (Å²) in [7, 11) is 0. The molecule has 82 valence electrons. The molecule has 0 unspecified atom stereocenters. The fourth-order valence-corrected chi connectivity index (χ4v) is 1.75. The number of thiophene rings is 1. The normalized spacial score (nSPS) is 9.87. The molecule has 5 nitrogen and oxygen atoms in total. The molecule has 1 aromatic heterocycles. The number of nitrogens with two attached hydrogens (primary N) is 1. The number of carbonyl (C=O) groups excluding carboxylic acids is 2. The van der Waals surface area contributed by atoms with Gasteiger partial charge in [0.2, 0.25) is 5.91 Å². The topological polar surface area (TPSA) is 84.2 Å². The standard InChI is InChI=1S/C9H13N3O2S/c10-9(14)12-8(13)5-11-3-1-7-2-4-15-6-7/h2,4,6,11H,1,3,5H2,(H3,10,12,13,14). The molecule has 0 spiro atoms. The average molecular weight is 227 g/mol. The number of primary amides is 1. The van der Waals surface area contributed by atoms with Gasteiger partial charge in [-0.25, -0.2) is 4.79 Å². The van der Waals surface area contributed by atoms with Crippen LogP contribution in [0.5, 0.6) is 0 Å². The Morgan fingerprint density at radius 1 is 1.47 bits per heavy atom. The first-order chi connectivity index (χ1) is 7.18. The van der Waals surface area contributed by atoms with Gasteiger partial charge in [0, 0.05) is 0 Å².